The van der Waals surface area contributed by atoms with Crippen molar-refractivity contribution in [3.8, 4) is 0 Å². The van der Waals surface area contributed by atoms with Gasteiger partial charge in [-0.2, -0.15) is 0 Å². The van der Waals surface area contributed by atoms with Crippen LogP contribution >= 0.6 is 11.3 Å². The summed E-state index contributed by atoms with van der Waals surface area (Å²) in [6.45, 7) is 0.624. The first-order chi connectivity index (χ1) is 9.31. The summed E-state index contributed by atoms with van der Waals surface area (Å²) in [4.78, 5) is 13.2. The zero-order valence-electron chi connectivity index (χ0n) is 10.6. The van der Waals surface area contributed by atoms with E-state index < -0.39 is 0 Å². The summed E-state index contributed by atoms with van der Waals surface area (Å²) in [6, 6.07) is 10.2. The van der Waals surface area contributed by atoms with Crippen LogP contribution in [0.5, 0.6) is 0 Å². The Bertz CT molecular complexity index is 654. The van der Waals surface area contributed by atoms with E-state index in [1.54, 1.807) is 0 Å². The van der Waals surface area contributed by atoms with Crippen molar-refractivity contribution in [1.82, 2.24) is 0 Å². The normalized spacial score (nSPS) is 16.1. The van der Waals surface area contributed by atoms with Crippen LogP contribution in [0.25, 0.3) is 5.57 Å². The average Bonchev–Trinajstić information content (AvgIpc) is 2.86. The Balaban J connectivity index is 2.23. The van der Waals surface area contributed by atoms with Crippen LogP contribution in [0.1, 0.15) is 32.8 Å². The Hall–Kier alpha value is -1.71. The van der Waals surface area contributed by atoms with Crippen molar-refractivity contribution in [3.63, 3.8) is 0 Å². The maximum atomic E-state index is 12.3. The van der Waals surface area contributed by atoms with Gasteiger partial charge in [-0.3, -0.25) is 4.79 Å². The molecule has 1 aromatic carbocycles. The van der Waals surface area contributed by atoms with Crippen LogP contribution in [0.3, 0.4) is 0 Å². The van der Waals surface area contributed by atoms with E-state index in [1.807, 2.05) is 29.6 Å². The van der Waals surface area contributed by atoms with Crippen LogP contribution in [-0.4, -0.2) is 12.3 Å². The summed E-state index contributed by atoms with van der Waals surface area (Å²) < 4.78 is 0. The van der Waals surface area contributed by atoms with Crippen LogP contribution in [0.2, 0.25) is 0 Å². The third-order valence-electron chi connectivity index (χ3n) is 3.38. The highest BCUT2D eigenvalue weighted by atomic mass is 32.1. The van der Waals surface area contributed by atoms with Crippen molar-refractivity contribution in [1.29, 1.82) is 0 Å². The van der Waals surface area contributed by atoms with Gasteiger partial charge in [-0.05, 0) is 41.1 Å². The second-order valence-electron chi connectivity index (χ2n) is 4.62. The molecule has 0 saturated carbocycles. The zero-order chi connectivity index (χ0) is 13.2. The largest absolute Gasteiger partial charge is 0.330 e. The molecule has 3 heteroatoms. The van der Waals surface area contributed by atoms with Gasteiger partial charge in [-0.25, -0.2) is 0 Å². The van der Waals surface area contributed by atoms with E-state index in [9.17, 15) is 4.79 Å². The molecular formula is C16H15NOS. The van der Waals surface area contributed by atoms with Gasteiger partial charge >= 0.3 is 0 Å². The maximum Gasteiger partial charge on any atom is 0.177 e. The highest BCUT2D eigenvalue weighted by Crippen LogP contribution is 2.36. The molecule has 2 aromatic rings. The molecule has 0 saturated heterocycles. The standard InChI is InChI=1S/C16H15NOS/c17-8-3-6-13-12-5-2-1-4-11(12)10-15(18)16-14(13)7-9-19-16/h1-2,4-7,9H,3,8,10,17H2. The molecule has 0 bridgehead atoms. The monoisotopic (exact) mass is 269 g/mol. The molecule has 19 heavy (non-hydrogen) atoms. The smallest absolute Gasteiger partial charge is 0.177 e. The third-order valence-corrected chi connectivity index (χ3v) is 4.34. The van der Waals surface area contributed by atoms with Crippen LogP contribution in [0.15, 0.2) is 41.8 Å². The Morgan fingerprint density at radius 2 is 2.05 bits per heavy atom. The molecule has 0 aliphatic heterocycles. The van der Waals surface area contributed by atoms with E-state index in [0.717, 1.165) is 28.0 Å². The molecule has 0 amide bonds. The minimum absolute atomic E-state index is 0.216. The molecule has 1 aliphatic rings. The lowest BCUT2D eigenvalue weighted by atomic mass is 9.95. The fourth-order valence-corrected chi connectivity index (χ4v) is 3.37. The zero-order valence-corrected chi connectivity index (χ0v) is 11.4. The van der Waals surface area contributed by atoms with E-state index in [2.05, 4.69) is 12.1 Å². The SMILES string of the molecule is NCCC=C1c2ccccc2CC(=O)c2sccc21. The van der Waals surface area contributed by atoms with Gasteiger partial charge in [0.2, 0.25) is 0 Å². The number of carbonyl (C=O) groups is 1. The number of benzene rings is 1. The number of hydrogen-bond donors (Lipinski definition) is 1. The summed E-state index contributed by atoms with van der Waals surface area (Å²) >= 11 is 1.53. The van der Waals surface area contributed by atoms with Gasteiger partial charge in [0.05, 0.1) is 4.88 Å². The molecule has 0 unspecified atom stereocenters. The number of thiophene rings is 1. The predicted octanol–water partition coefficient (Wildman–Crippen LogP) is 3.27. The van der Waals surface area contributed by atoms with Crippen LogP contribution in [-0.2, 0) is 6.42 Å². The van der Waals surface area contributed by atoms with Crippen molar-refractivity contribution < 1.29 is 4.79 Å². The molecule has 0 atom stereocenters. The van der Waals surface area contributed by atoms with Crippen molar-refractivity contribution >= 4 is 22.7 Å². The van der Waals surface area contributed by atoms with E-state index in [0.29, 0.717) is 13.0 Å². The van der Waals surface area contributed by atoms with Crippen molar-refractivity contribution in [2.45, 2.75) is 12.8 Å². The van der Waals surface area contributed by atoms with Crippen molar-refractivity contribution in [2.24, 2.45) is 5.73 Å². The summed E-state index contributed by atoms with van der Waals surface area (Å²) in [5, 5.41) is 1.99. The topological polar surface area (TPSA) is 43.1 Å². The molecule has 0 spiro atoms. The van der Waals surface area contributed by atoms with E-state index in [1.165, 1.54) is 16.9 Å². The number of fused-ring (bicyclic) bond motifs is 2. The first kappa shape index (κ1) is 12.3. The van der Waals surface area contributed by atoms with Gasteiger partial charge < -0.3 is 5.73 Å². The lowest BCUT2D eigenvalue weighted by Gasteiger charge is -2.09. The van der Waals surface area contributed by atoms with Gasteiger partial charge in [-0.15, -0.1) is 11.3 Å². The molecule has 3 rings (SSSR count). The fourth-order valence-electron chi connectivity index (χ4n) is 2.52. The minimum Gasteiger partial charge on any atom is -0.330 e. The summed E-state index contributed by atoms with van der Waals surface area (Å²) in [5.74, 6) is 0.216. The van der Waals surface area contributed by atoms with Gasteiger partial charge in [0, 0.05) is 12.0 Å². The van der Waals surface area contributed by atoms with Crippen LogP contribution in [0, 0.1) is 0 Å². The number of nitrogens with two attached hydrogens (primary N) is 1. The molecule has 1 aromatic heterocycles. The second kappa shape index (κ2) is 5.11. The first-order valence-electron chi connectivity index (χ1n) is 6.41. The van der Waals surface area contributed by atoms with Gasteiger partial charge in [0.25, 0.3) is 0 Å². The van der Waals surface area contributed by atoms with E-state index in [4.69, 9.17) is 5.73 Å². The minimum atomic E-state index is 0.216. The number of carbonyl (C=O) groups excluding carboxylic acids is 1. The first-order valence-corrected chi connectivity index (χ1v) is 7.29. The molecule has 1 heterocycles. The summed E-state index contributed by atoms with van der Waals surface area (Å²) in [5.41, 5.74) is 10.1. The van der Waals surface area contributed by atoms with Gasteiger partial charge in [-0.1, -0.05) is 30.3 Å². The summed E-state index contributed by atoms with van der Waals surface area (Å²) in [6.07, 6.45) is 3.47. The van der Waals surface area contributed by atoms with Crippen LogP contribution < -0.4 is 5.73 Å². The molecule has 2 N–H and O–H groups in total. The highest BCUT2D eigenvalue weighted by Gasteiger charge is 2.23. The Kier molecular flexibility index (Phi) is 3.32. The lowest BCUT2D eigenvalue weighted by molar-refractivity contribution is 0.0997. The Morgan fingerprint density at radius 1 is 1.21 bits per heavy atom. The van der Waals surface area contributed by atoms with Crippen molar-refractivity contribution in [2.75, 3.05) is 6.54 Å². The maximum absolute atomic E-state index is 12.3. The van der Waals surface area contributed by atoms with Gasteiger partial charge in [0.1, 0.15) is 0 Å². The van der Waals surface area contributed by atoms with E-state index >= 15 is 0 Å². The van der Waals surface area contributed by atoms with Crippen molar-refractivity contribution in [3.05, 3.63) is 63.4 Å². The number of ketones is 1. The fraction of sp³-hybridized carbons (Fsp3) is 0.188. The highest BCUT2D eigenvalue weighted by molar-refractivity contribution is 7.12. The van der Waals surface area contributed by atoms with Gasteiger partial charge in [0.15, 0.2) is 5.78 Å². The Morgan fingerprint density at radius 3 is 2.89 bits per heavy atom. The van der Waals surface area contributed by atoms with E-state index in [-0.39, 0.29) is 5.78 Å². The number of hydrogen-bond acceptors (Lipinski definition) is 3. The molecule has 96 valence electrons. The number of rotatable bonds is 2. The second-order valence-corrected chi connectivity index (χ2v) is 5.53. The average molecular weight is 269 g/mol. The lowest BCUT2D eigenvalue weighted by Crippen LogP contribution is -2.00. The molecule has 2 nitrogen and oxygen atoms in total. The van der Waals surface area contributed by atoms with Crippen LogP contribution in [0.4, 0.5) is 0 Å². The molecule has 1 aliphatic carbocycles. The molecule has 0 fully saturated rings. The molecule has 0 radical (unpaired) electrons. The summed E-state index contributed by atoms with van der Waals surface area (Å²) in [7, 11) is 0. The molecular weight excluding hydrogens is 254 g/mol. The number of Topliss-reactive ketones (excluding diaryl/α,β-unsaturated/α-hetero) is 1. The predicted molar refractivity (Wildman–Crippen MR) is 79.5 cm³/mol. The third kappa shape index (κ3) is 2.15. The Labute approximate surface area is 116 Å². The quantitative estimate of drug-likeness (QED) is 0.909.